The maximum Gasteiger partial charge on any atom is 0.317 e. The second-order valence-electron chi connectivity index (χ2n) is 8.18. The molecule has 25 heavy (non-hydrogen) atoms. The van der Waals surface area contributed by atoms with Crippen molar-refractivity contribution in [3.05, 3.63) is 41.0 Å². The number of carbonyl (C=O) groups is 1. The highest BCUT2D eigenvalue weighted by molar-refractivity contribution is 5.77. The van der Waals surface area contributed by atoms with Gasteiger partial charge in [0, 0.05) is 19.6 Å². The molecule has 0 saturated heterocycles. The molecule has 0 aromatic heterocycles. The van der Waals surface area contributed by atoms with Gasteiger partial charge < -0.3 is 15.3 Å². The third kappa shape index (κ3) is 5.89. The summed E-state index contributed by atoms with van der Waals surface area (Å²) in [5.74, 6) is 0. The van der Waals surface area contributed by atoms with Gasteiger partial charge in [-0.2, -0.15) is 0 Å². The fourth-order valence-corrected chi connectivity index (χ4v) is 3.57. The van der Waals surface area contributed by atoms with Crippen molar-refractivity contribution in [2.75, 3.05) is 19.6 Å². The number of aliphatic hydroxyl groups excluding tert-OH is 1. The molecule has 4 nitrogen and oxygen atoms in total. The molecule has 0 bridgehead atoms. The topological polar surface area (TPSA) is 52.6 Å². The molecule has 0 saturated carbocycles. The van der Waals surface area contributed by atoms with Crippen molar-refractivity contribution in [1.82, 2.24) is 10.2 Å². The second-order valence-corrected chi connectivity index (χ2v) is 8.18. The van der Waals surface area contributed by atoms with Crippen molar-refractivity contribution in [3.8, 4) is 0 Å². The van der Waals surface area contributed by atoms with Gasteiger partial charge in [-0.3, -0.25) is 0 Å². The summed E-state index contributed by atoms with van der Waals surface area (Å²) in [7, 11) is 0. The monoisotopic (exact) mass is 344 g/mol. The highest BCUT2D eigenvalue weighted by atomic mass is 16.3. The van der Waals surface area contributed by atoms with Crippen LogP contribution in [-0.4, -0.2) is 41.8 Å². The van der Waals surface area contributed by atoms with Crippen molar-refractivity contribution in [2.45, 2.75) is 53.6 Å². The van der Waals surface area contributed by atoms with Crippen LogP contribution in [0, 0.1) is 19.3 Å². The number of rotatable bonds is 5. The van der Waals surface area contributed by atoms with Gasteiger partial charge in [-0.1, -0.05) is 49.2 Å². The molecule has 1 atom stereocenters. The van der Waals surface area contributed by atoms with Crippen LogP contribution in [0.25, 0.3) is 5.57 Å². The van der Waals surface area contributed by atoms with Gasteiger partial charge in [0.1, 0.15) is 0 Å². The zero-order valence-electron chi connectivity index (χ0n) is 16.2. The quantitative estimate of drug-likeness (QED) is 0.851. The fraction of sp³-hybridized carbons (Fsp3) is 0.571. The fourth-order valence-electron chi connectivity index (χ4n) is 3.57. The van der Waals surface area contributed by atoms with E-state index < -0.39 is 0 Å². The van der Waals surface area contributed by atoms with Gasteiger partial charge in [-0.05, 0) is 50.2 Å². The van der Waals surface area contributed by atoms with Crippen molar-refractivity contribution >= 4 is 11.6 Å². The van der Waals surface area contributed by atoms with Gasteiger partial charge in [0.2, 0.25) is 0 Å². The Kier molecular flexibility index (Phi) is 6.28. The Bertz CT molecular complexity index is 627. The lowest BCUT2D eigenvalue weighted by Crippen LogP contribution is -2.45. The Balaban J connectivity index is 1.92. The minimum Gasteiger partial charge on any atom is -0.393 e. The highest BCUT2D eigenvalue weighted by Gasteiger charge is 2.23. The number of carbonyl (C=O) groups excluding carboxylic acids is 1. The number of aryl methyl sites for hydroxylation is 2. The summed E-state index contributed by atoms with van der Waals surface area (Å²) >= 11 is 0. The molecule has 4 heteroatoms. The zero-order chi connectivity index (χ0) is 18.6. The number of nitrogens with one attached hydrogen (secondary N) is 1. The van der Waals surface area contributed by atoms with E-state index in [0.717, 1.165) is 13.0 Å². The van der Waals surface area contributed by atoms with E-state index in [-0.39, 0.29) is 17.6 Å². The van der Waals surface area contributed by atoms with Crippen LogP contribution in [0.15, 0.2) is 24.3 Å². The third-order valence-electron chi connectivity index (χ3n) is 4.65. The molecule has 1 unspecified atom stereocenters. The summed E-state index contributed by atoms with van der Waals surface area (Å²) in [5.41, 5.74) is 5.04. The lowest BCUT2D eigenvalue weighted by Gasteiger charge is -2.30. The molecule has 2 amide bonds. The van der Waals surface area contributed by atoms with E-state index in [2.05, 4.69) is 57.3 Å². The molecule has 2 rings (SSSR count). The number of aliphatic hydroxyl groups is 1. The first-order chi connectivity index (χ1) is 11.7. The first kappa shape index (κ1) is 19.5. The molecule has 1 aromatic rings. The van der Waals surface area contributed by atoms with E-state index in [1.165, 1.54) is 22.3 Å². The maximum atomic E-state index is 12.4. The van der Waals surface area contributed by atoms with Gasteiger partial charge in [0.25, 0.3) is 0 Å². The van der Waals surface area contributed by atoms with Gasteiger partial charge in [0.05, 0.1) is 6.10 Å². The molecule has 1 heterocycles. The molecule has 0 radical (unpaired) electrons. The van der Waals surface area contributed by atoms with Crippen molar-refractivity contribution in [2.24, 2.45) is 5.41 Å². The van der Waals surface area contributed by atoms with E-state index in [1.807, 2.05) is 4.90 Å². The van der Waals surface area contributed by atoms with E-state index in [1.54, 1.807) is 6.92 Å². The highest BCUT2D eigenvalue weighted by Crippen LogP contribution is 2.25. The average molecular weight is 344 g/mol. The number of hydrogen-bond donors (Lipinski definition) is 2. The normalized spacial score (nSPS) is 16.4. The van der Waals surface area contributed by atoms with Crippen LogP contribution in [-0.2, 0) is 0 Å². The van der Waals surface area contributed by atoms with Crippen LogP contribution < -0.4 is 5.32 Å². The molecular formula is C21H32N2O2. The van der Waals surface area contributed by atoms with E-state index in [9.17, 15) is 9.90 Å². The minimum absolute atomic E-state index is 0.0191. The Morgan fingerprint density at radius 3 is 2.44 bits per heavy atom. The first-order valence-electron chi connectivity index (χ1n) is 9.15. The van der Waals surface area contributed by atoms with Gasteiger partial charge in [-0.25, -0.2) is 4.79 Å². The molecule has 0 fully saturated rings. The summed E-state index contributed by atoms with van der Waals surface area (Å²) in [5, 5.41) is 12.6. The molecule has 0 aliphatic carbocycles. The molecule has 0 spiro atoms. The Morgan fingerprint density at radius 1 is 1.28 bits per heavy atom. The van der Waals surface area contributed by atoms with E-state index >= 15 is 0 Å². The largest absolute Gasteiger partial charge is 0.393 e. The van der Waals surface area contributed by atoms with Crippen LogP contribution in [0.2, 0.25) is 0 Å². The lowest BCUT2D eigenvalue weighted by molar-refractivity contribution is 0.127. The first-order valence-corrected chi connectivity index (χ1v) is 9.15. The number of nitrogens with zero attached hydrogens (tertiary/aromatic N) is 1. The van der Waals surface area contributed by atoms with Gasteiger partial charge in [0.15, 0.2) is 0 Å². The van der Waals surface area contributed by atoms with Crippen molar-refractivity contribution in [1.29, 1.82) is 0 Å². The van der Waals surface area contributed by atoms with E-state index in [0.29, 0.717) is 19.5 Å². The smallest absolute Gasteiger partial charge is 0.317 e. The number of benzene rings is 1. The van der Waals surface area contributed by atoms with Gasteiger partial charge in [-0.15, -0.1) is 0 Å². The zero-order valence-corrected chi connectivity index (χ0v) is 16.2. The Hall–Kier alpha value is -1.81. The molecule has 1 aliphatic rings. The second kappa shape index (κ2) is 8.05. The maximum absolute atomic E-state index is 12.4. The number of urea groups is 1. The standard InChI is InChI=1S/C21H32N2O2/c1-15-10-16(2)12-19(11-15)18-6-8-23(9-7-18)20(25)22-14-21(4,5)13-17(3)24/h6,10-12,17,24H,7-9,13-14H2,1-5H3,(H,22,25). The van der Waals surface area contributed by atoms with Crippen LogP contribution in [0.4, 0.5) is 4.79 Å². The summed E-state index contributed by atoms with van der Waals surface area (Å²) in [6.45, 7) is 12.1. The molecule has 2 N–H and O–H groups in total. The summed E-state index contributed by atoms with van der Waals surface area (Å²) in [6.07, 6.45) is 3.36. The number of amides is 2. The predicted molar refractivity (Wildman–Crippen MR) is 104 cm³/mol. The number of hydrogen-bond acceptors (Lipinski definition) is 2. The van der Waals surface area contributed by atoms with Crippen LogP contribution in [0.1, 0.15) is 50.3 Å². The summed E-state index contributed by atoms with van der Waals surface area (Å²) in [6, 6.07) is 6.59. The van der Waals surface area contributed by atoms with Crippen LogP contribution in [0.3, 0.4) is 0 Å². The third-order valence-corrected chi connectivity index (χ3v) is 4.65. The Labute approximate surface area is 151 Å². The Morgan fingerprint density at radius 2 is 1.92 bits per heavy atom. The molecule has 138 valence electrons. The minimum atomic E-state index is -0.356. The predicted octanol–water partition coefficient (Wildman–Crippen LogP) is 3.90. The lowest BCUT2D eigenvalue weighted by atomic mass is 9.87. The van der Waals surface area contributed by atoms with E-state index in [4.69, 9.17) is 0 Å². The molecule has 1 aliphatic heterocycles. The van der Waals surface area contributed by atoms with Crippen LogP contribution in [0.5, 0.6) is 0 Å². The molecule has 1 aromatic carbocycles. The molecular weight excluding hydrogens is 312 g/mol. The van der Waals surface area contributed by atoms with Crippen LogP contribution >= 0.6 is 0 Å². The summed E-state index contributed by atoms with van der Waals surface area (Å²) in [4.78, 5) is 14.3. The van der Waals surface area contributed by atoms with Gasteiger partial charge >= 0.3 is 6.03 Å². The average Bonchev–Trinajstić information content (AvgIpc) is 2.51. The summed E-state index contributed by atoms with van der Waals surface area (Å²) < 4.78 is 0. The van der Waals surface area contributed by atoms with Crippen molar-refractivity contribution < 1.29 is 9.90 Å². The van der Waals surface area contributed by atoms with Crippen molar-refractivity contribution in [3.63, 3.8) is 0 Å². The SMILES string of the molecule is Cc1cc(C)cc(C2=CCN(C(=O)NCC(C)(C)CC(C)O)CC2)c1.